The summed E-state index contributed by atoms with van der Waals surface area (Å²) in [7, 11) is 5.93. The first kappa shape index (κ1) is 18.6. The van der Waals surface area contributed by atoms with E-state index in [0.29, 0.717) is 12.5 Å². The molecule has 2 N–H and O–H groups in total. The zero-order valence-electron chi connectivity index (χ0n) is 15.4. The number of aliphatic hydroxyl groups is 1. The van der Waals surface area contributed by atoms with E-state index in [-0.39, 0.29) is 18.7 Å². The van der Waals surface area contributed by atoms with Gasteiger partial charge in [0.1, 0.15) is 0 Å². The molecule has 0 aliphatic heterocycles. The second-order valence-corrected chi connectivity index (χ2v) is 7.13. The molecule has 1 saturated carbocycles. The van der Waals surface area contributed by atoms with Crippen LogP contribution >= 0.6 is 0 Å². The van der Waals surface area contributed by atoms with E-state index in [0.717, 1.165) is 31.2 Å². The van der Waals surface area contributed by atoms with E-state index >= 15 is 0 Å². The molecule has 0 unspecified atom stereocenters. The normalized spacial score (nSPS) is 20.5. The molecule has 0 aromatic heterocycles. The van der Waals surface area contributed by atoms with Gasteiger partial charge in [0, 0.05) is 46.0 Å². The molecule has 0 atom stereocenters. The molecule has 2 amide bonds. The lowest BCUT2D eigenvalue weighted by Crippen LogP contribution is -2.45. The molecular formula is C19H31N3O2. The molecule has 0 saturated heterocycles. The molecule has 0 spiro atoms. The van der Waals surface area contributed by atoms with Gasteiger partial charge in [-0.2, -0.15) is 0 Å². The first-order chi connectivity index (χ1) is 11.4. The van der Waals surface area contributed by atoms with Gasteiger partial charge in [-0.15, -0.1) is 0 Å². The van der Waals surface area contributed by atoms with Crippen LogP contribution in [0.5, 0.6) is 0 Å². The van der Waals surface area contributed by atoms with Gasteiger partial charge >= 0.3 is 6.03 Å². The van der Waals surface area contributed by atoms with Gasteiger partial charge in [-0.3, -0.25) is 0 Å². The van der Waals surface area contributed by atoms with E-state index in [1.54, 1.807) is 0 Å². The number of anilines is 1. The van der Waals surface area contributed by atoms with Crippen LogP contribution in [0, 0.1) is 12.8 Å². The number of hydrogen-bond donors (Lipinski definition) is 2. The number of nitrogens with zero attached hydrogens (tertiary/aromatic N) is 2. The minimum Gasteiger partial charge on any atom is -0.396 e. The third kappa shape index (κ3) is 4.63. The van der Waals surface area contributed by atoms with E-state index in [9.17, 15) is 9.90 Å². The van der Waals surface area contributed by atoms with E-state index in [1.165, 1.54) is 11.3 Å². The third-order valence-electron chi connectivity index (χ3n) is 5.22. The topological polar surface area (TPSA) is 55.8 Å². The molecule has 0 bridgehead atoms. The van der Waals surface area contributed by atoms with Crippen molar-refractivity contribution in [3.63, 3.8) is 0 Å². The molecular weight excluding hydrogens is 302 g/mol. The van der Waals surface area contributed by atoms with Crippen LogP contribution in [0.3, 0.4) is 0 Å². The summed E-state index contributed by atoms with van der Waals surface area (Å²) in [5, 5.41) is 12.3. The number of nitrogens with one attached hydrogen (secondary N) is 1. The van der Waals surface area contributed by atoms with E-state index in [1.807, 2.05) is 26.0 Å². The Bertz CT molecular complexity index is 552. The molecule has 134 valence electrons. The van der Waals surface area contributed by atoms with Crippen LogP contribution in [-0.2, 0) is 6.54 Å². The Kier molecular flexibility index (Phi) is 6.49. The van der Waals surface area contributed by atoms with E-state index < -0.39 is 0 Å². The fraction of sp³-hybridized carbons (Fsp3) is 0.632. The maximum Gasteiger partial charge on any atom is 0.317 e. The number of benzene rings is 1. The number of aliphatic hydroxyl groups excluding tert-OH is 1. The van der Waals surface area contributed by atoms with Gasteiger partial charge in [0.15, 0.2) is 0 Å². The summed E-state index contributed by atoms with van der Waals surface area (Å²) in [6.07, 6.45) is 3.96. The summed E-state index contributed by atoms with van der Waals surface area (Å²) in [5.41, 5.74) is 3.50. The summed E-state index contributed by atoms with van der Waals surface area (Å²) in [4.78, 5) is 16.3. The molecule has 1 aliphatic rings. The lowest BCUT2D eigenvalue weighted by Gasteiger charge is -2.34. The highest BCUT2D eigenvalue weighted by Crippen LogP contribution is 2.26. The van der Waals surface area contributed by atoms with Crippen molar-refractivity contribution >= 4 is 11.7 Å². The van der Waals surface area contributed by atoms with Gasteiger partial charge in [-0.25, -0.2) is 4.79 Å². The largest absolute Gasteiger partial charge is 0.396 e. The molecule has 5 nitrogen and oxygen atoms in total. The first-order valence-corrected chi connectivity index (χ1v) is 8.80. The second kappa shape index (κ2) is 8.38. The van der Waals surface area contributed by atoms with Crippen molar-refractivity contribution in [2.45, 2.75) is 45.2 Å². The molecule has 2 rings (SSSR count). The van der Waals surface area contributed by atoms with Gasteiger partial charge in [0.05, 0.1) is 0 Å². The highest BCUT2D eigenvalue weighted by molar-refractivity contribution is 5.74. The maximum atomic E-state index is 12.4. The Morgan fingerprint density at radius 3 is 2.42 bits per heavy atom. The van der Waals surface area contributed by atoms with Crippen LogP contribution < -0.4 is 10.2 Å². The smallest absolute Gasteiger partial charge is 0.317 e. The Labute approximate surface area is 145 Å². The fourth-order valence-electron chi connectivity index (χ4n) is 3.33. The molecule has 1 aromatic rings. The standard InChI is InChI=1S/C19H31N3O2/c1-14-11-18(21(2)3)10-7-16(14)12-20-19(24)22(4)17-8-5-15(13-23)6-9-17/h7,10-11,15,17,23H,5-6,8-9,12-13H2,1-4H3,(H,20,24). The average Bonchev–Trinajstić information content (AvgIpc) is 2.59. The quantitative estimate of drug-likeness (QED) is 0.871. The van der Waals surface area contributed by atoms with E-state index in [4.69, 9.17) is 0 Å². The molecule has 24 heavy (non-hydrogen) atoms. The Morgan fingerprint density at radius 2 is 1.88 bits per heavy atom. The van der Waals surface area contributed by atoms with Crippen LogP contribution in [-0.4, -0.2) is 49.8 Å². The molecule has 5 heteroatoms. The van der Waals surface area contributed by atoms with Crippen LogP contribution in [0.25, 0.3) is 0 Å². The highest BCUT2D eigenvalue weighted by atomic mass is 16.3. The third-order valence-corrected chi connectivity index (χ3v) is 5.22. The van der Waals surface area contributed by atoms with Gasteiger partial charge in [0.2, 0.25) is 0 Å². The summed E-state index contributed by atoms with van der Waals surface area (Å²) in [6, 6.07) is 6.57. The SMILES string of the molecule is Cc1cc(N(C)C)ccc1CNC(=O)N(C)C1CCC(CO)CC1. The zero-order valence-corrected chi connectivity index (χ0v) is 15.4. The van der Waals surface area contributed by atoms with Crippen LogP contribution in [0.2, 0.25) is 0 Å². The number of urea groups is 1. The van der Waals surface area contributed by atoms with Crippen molar-refractivity contribution in [1.29, 1.82) is 0 Å². The molecule has 0 heterocycles. The fourth-order valence-corrected chi connectivity index (χ4v) is 3.33. The van der Waals surface area contributed by atoms with Crippen molar-refractivity contribution in [3.05, 3.63) is 29.3 Å². The summed E-state index contributed by atoms with van der Waals surface area (Å²) in [5.74, 6) is 0.413. The van der Waals surface area contributed by atoms with Gasteiger partial charge in [-0.1, -0.05) is 6.07 Å². The zero-order chi connectivity index (χ0) is 17.7. The van der Waals surface area contributed by atoms with Crippen molar-refractivity contribution in [1.82, 2.24) is 10.2 Å². The summed E-state index contributed by atoms with van der Waals surface area (Å²) < 4.78 is 0. The highest BCUT2D eigenvalue weighted by Gasteiger charge is 2.26. The molecule has 1 fully saturated rings. The maximum absolute atomic E-state index is 12.4. The predicted molar refractivity (Wildman–Crippen MR) is 98.3 cm³/mol. The number of amides is 2. The number of hydrogen-bond acceptors (Lipinski definition) is 3. The Hall–Kier alpha value is -1.75. The molecule has 1 aromatic carbocycles. The van der Waals surface area contributed by atoms with Gasteiger partial charge in [0.25, 0.3) is 0 Å². The van der Waals surface area contributed by atoms with Gasteiger partial charge < -0.3 is 20.2 Å². The van der Waals surface area contributed by atoms with Crippen molar-refractivity contribution in [2.75, 3.05) is 32.6 Å². The average molecular weight is 333 g/mol. The first-order valence-electron chi connectivity index (χ1n) is 8.80. The van der Waals surface area contributed by atoms with E-state index in [2.05, 4.69) is 35.3 Å². The molecule has 1 aliphatic carbocycles. The Morgan fingerprint density at radius 1 is 1.21 bits per heavy atom. The predicted octanol–water partition coefficient (Wildman–Crippen LogP) is 2.75. The van der Waals surface area contributed by atoms with Crippen molar-refractivity contribution in [3.8, 4) is 0 Å². The number of aryl methyl sites for hydroxylation is 1. The van der Waals surface area contributed by atoms with Crippen LogP contribution in [0.4, 0.5) is 10.5 Å². The summed E-state index contributed by atoms with van der Waals surface area (Å²) in [6.45, 7) is 2.90. The van der Waals surface area contributed by atoms with Gasteiger partial charge in [-0.05, 0) is 61.8 Å². The second-order valence-electron chi connectivity index (χ2n) is 7.13. The lowest BCUT2D eigenvalue weighted by atomic mass is 9.86. The number of carbonyl (C=O) groups excluding carboxylic acids is 1. The lowest BCUT2D eigenvalue weighted by molar-refractivity contribution is 0.134. The number of rotatable bonds is 5. The van der Waals surface area contributed by atoms with Crippen LogP contribution in [0.1, 0.15) is 36.8 Å². The minimum absolute atomic E-state index is 0.0152. The minimum atomic E-state index is -0.0152. The number of carbonyl (C=O) groups is 1. The summed E-state index contributed by atoms with van der Waals surface area (Å²) >= 11 is 0. The molecule has 0 radical (unpaired) electrons. The Balaban J connectivity index is 1.86. The van der Waals surface area contributed by atoms with Crippen molar-refractivity contribution < 1.29 is 9.90 Å². The monoisotopic (exact) mass is 333 g/mol. The van der Waals surface area contributed by atoms with Crippen molar-refractivity contribution in [2.24, 2.45) is 5.92 Å². The van der Waals surface area contributed by atoms with Crippen LogP contribution in [0.15, 0.2) is 18.2 Å².